The van der Waals surface area contributed by atoms with Gasteiger partial charge in [0.1, 0.15) is 0 Å². The van der Waals surface area contributed by atoms with Crippen LogP contribution < -0.4 is 44.5 Å². The Bertz CT molecular complexity index is 3400. The van der Waals surface area contributed by atoms with Gasteiger partial charge in [0.15, 0.2) is 0 Å². The molecule has 1 aromatic heterocycles. The zero-order chi connectivity index (χ0) is 47.5. The van der Waals surface area contributed by atoms with Crippen LogP contribution in [0.4, 0.5) is 68.2 Å². The monoisotopic (exact) mass is 976 g/mol. The number of fused-ring (bicyclic) bond motifs is 3. The summed E-state index contributed by atoms with van der Waals surface area (Å²) in [6.45, 7) is 2.38. The molecule has 0 spiro atoms. The number of benzene rings is 9. The predicted molar refractivity (Wildman–Crippen MR) is 301 cm³/mol. The fraction of sp³-hybridized carbons (Fsp3) is 0.0169. The van der Waals surface area contributed by atoms with Gasteiger partial charge in [0.2, 0.25) is 0 Å². The van der Waals surface area contributed by atoms with Gasteiger partial charge in [-0.25, -0.2) is 0 Å². The molecule has 0 atom stereocenters. The van der Waals surface area contributed by atoms with Crippen molar-refractivity contribution in [3.05, 3.63) is 261 Å². The Kier molecular flexibility index (Phi) is 10.5. The summed E-state index contributed by atoms with van der Waals surface area (Å²) in [5, 5.41) is 0. The van der Waals surface area contributed by atoms with E-state index in [-0.39, 0.29) is 0 Å². The summed E-state index contributed by atoms with van der Waals surface area (Å²) in [4.78, 5) is 11.9. The van der Waals surface area contributed by atoms with Crippen LogP contribution in [0.3, 0.4) is 0 Å². The van der Waals surface area contributed by atoms with Crippen molar-refractivity contribution in [2.45, 2.75) is 0 Å². The summed E-state index contributed by atoms with van der Waals surface area (Å²) in [6.07, 6.45) is 0. The molecule has 0 saturated heterocycles. The molecule has 0 amide bonds. The van der Waals surface area contributed by atoms with Gasteiger partial charge in [0.05, 0.1) is 0 Å². The Balaban J connectivity index is 1.17. The van der Waals surface area contributed by atoms with Crippen molar-refractivity contribution < 1.29 is 4.57 Å². The normalized spacial score (nSPS) is 15.9. The average Bonchev–Trinajstić information content (AvgIpc) is 4.03. The number of rotatable bonds is 9. The van der Waals surface area contributed by atoms with Crippen molar-refractivity contribution in [1.82, 2.24) is 9.97 Å². The number of nitrogens with zero attached hydrogens (tertiary/aromatic N) is 8. The van der Waals surface area contributed by atoms with Crippen molar-refractivity contribution in [3.8, 4) is 0 Å². The van der Waals surface area contributed by atoms with Crippen molar-refractivity contribution in [1.29, 1.82) is 0 Å². The first kappa shape index (κ1) is 43.0. The van der Waals surface area contributed by atoms with E-state index in [2.05, 4.69) is 213 Å². The Morgan fingerprint density at radius 3 is 1.06 bits per heavy atom. The SMILES string of the molecule is C[PH]1(c2cc(P3(=O)N(c4ccccc4)c4ccccc4N3c3ccccc3)nc(P3N(c4ccccc4)c4ccccc4N3c3ccccc3)n2)N(c2ccccc2)c2ccccc2N1c1ccccc1. The molecule has 3 aliphatic rings. The van der Waals surface area contributed by atoms with Crippen molar-refractivity contribution in [2.24, 2.45) is 0 Å². The molecular formula is C59H47N8OP3. The molecule has 0 fully saturated rings. The molecule has 0 bridgehead atoms. The number of para-hydroxylation sites is 12. The van der Waals surface area contributed by atoms with Gasteiger partial charge >= 0.3 is 418 Å². The van der Waals surface area contributed by atoms with Gasteiger partial charge in [-0.3, -0.25) is 0 Å². The van der Waals surface area contributed by atoms with Crippen LogP contribution in [0.1, 0.15) is 0 Å². The molecule has 10 aromatic rings. The van der Waals surface area contributed by atoms with E-state index in [1.54, 1.807) is 0 Å². The van der Waals surface area contributed by atoms with Crippen LogP contribution in [-0.2, 0) is 4.57 Å². The number of hydrogen-bond acceptors (Lipinski definition) is 7. The molecule has 9 aromatic carbocycles. The zero-order valence-electron chi connectivity index (χ0n) is 38.7. The molecule has 0 aliphatic carbocycles. The molecular weight excluding hydrogens is 930 g/mol. The summed E-state index contributed by atoms with van der Waals surface area (Å²) in [5.74, 6) is 0. The third-order valence-electron chi connectivity index (χ3n) is 13.5. The quantitative estimate of drug-likeness (QED) is 0.132. The Morgan fingerprint density at radius 2 is 0.676 bits per heavy atom. The molecule has 0 saturated carbocycles. The minimum absolute atomic E-state index is 0.437. The second-order valence-corrected chi connectivity index (χ2v) is 25.2. The second kappa shape index (κ2) is 17.4. The van der Waals surface area contributed by atoms with Gasteiger partial charge in [0.25, 0.3) is 0 Å². The standard InChI is InChI=1S/C59H47N8OP3/c1-70(64(47-30-12-4-13-31-47)53-40-22-23-41-54(53)65(70)48-32-14-5-15-33-48)57-44-58(71(68)66(49-34-16-6-17-35-49)55-42-24-25-43-56(55)67(71)50-36-18-7-19-37-50)61-59(60-57)69-62(45-26-8-2-9-27-45)51-38-20-21-39-52(51)63(69)46-28-10-3-11-29-46/h2-44,70H,1H3. The van der Waals surface area contributed by atoms with Gasteiger partial charge in [0, 0.05) is 0 Å². The van der Waals surface area contributed by atoms with E-state index >= 15 is 4.57 Å². The molecule has 0 N–H and O–H groups in total. The number of aromatic nitrogens is 2. The van der Waals surface area contributed by atoms with Crippen LogP contribution in [0, 0.1) is 0 Å². The number of anilines is 12. The van der Waals surface area contributed by atoms with E-state index in [0.29, 0.717) is 11.0 Å². The fourth-order valence-corrected chi connectivity index (χ4v) is 20.1. The molecule has 3 aliphatic heterocycles. The van der Waals surface area contributed by atoms with Crippen LogP contribution in [0.15, 0.2) is 261 Å². The first-order valence-electron chi connectivity index (χ1n) is 23.7. The fourth-order valence-electron chi connectivity index (χ4n) is 10.5. The average molecular weight is 977 g/mol. The van der Waals surface area contributed by atoms with Gasteiger partial charge in [-0.15, -0.1) is 0 Å². The van der Waals surface area contributed by atoms with Gasteiger partial charge < -0.3 is 0 Å². The van der Waals surface area contributed by atoms with E-state index in [1.807, 2.05) is 82.1 Å². The van der Waals surface area contributed by atoms with E-state index in [9.17, 15) is 0 Å². The van der Waals surface area contributed by atoms with Crippen LogP contribution in [0.25, 0.3) is 0 Å². The molecule has 9 nitrogen and oxygen atoms in total. The van der Waals surface area contributed by atoms with Crippen LogP contribution >= 0.6 is 23.2 Å². The first-order valence-corrected chi connectivity index (χ1v) is 29.0. The Hall–Kier alpha value is -8.05. The number of hydrogen-bond donors (Lipinski definition) is 0. The summed E-state index contributed by atoms with van der Waals surface area (Å²) < 4.78 is 31.9. The first-order chi connectivity index (χ1) is 35.0. The minimum atomic E-state index is -4.07. The van der Waals surface area contributed by atoms with E-state index in [0.717, 1.165) is 73.7 Å². The van der Waals surface area contributed by atoms with Gasteiger partial charge in [-0.05, 0) is 0 Å². The molecule has 0 radical (unpaired) electrons. The molecule has 12 heteroatoms. The molecule has 0 unspecified atom stereocenters. The van der Waals surface area contributed by atoms with Gasteiger partial charge in [-0.2, -0.15) is 0 Å². The summed E-state index contributed by atoms with van der Waals surface area (Å²) in [7, 11) is -9.18. The molecule has 13 rings (SSSR count). The van der Waals surface area contributed by atoms with Crippen LogP contribution in [0.2, 0.25) is 0 Å². The van der Waals surface area contributed by atoms with Crippen molar-refractivity contribution in [2.75, 3.05) is 34.7 Å². The maximum absolute atomic E-state index is 17.9. The summed E-state index contributed by atoms with van der Waals surface area (Å²) in [5.41, 5.74) is 13.4. The van der Waals surface area contributed by atoms with Gasteiger partial charge in [-0.1, -0.05) is 0 Å². The Labute approximate surface area is 416 Å². The Morgan fingerprint density at radius 1 is 0.366 bits per heavy atom. The maximum atomic E-state index is 17.9. The second-order valence-electron chi connectivity index (χ2n) is 17.7. The molecule has 4 heterocycles. The summed E-state index contributed by atoms with van der Waals surface area (Å²) >= 11 is 0. The third kappa shape index (κ3) is 6.80. The van der Waals surface area contributed by atoms with Crippen LogP contribution in [0.5, 0.6) is 0 Å². The van der Waals surface area contributed by atoms with Crippen molar-refractivity contribution in [3.63, 3.8) is 0 Å². The van der Waals surface area contributed by atoms with Crippen molar-refractivity contribution >= 4 is 108 Å². The predicted octanol–water partition coefficient (Wildman–Crippen LogP) is 15.0. The zero-order valence-corrected chi connectivity index (χ0v) is 41.5. The van der Waals surface area contributed by atoms with E-state index in [4.69, 9.17) is 9.97 Å². The third-order valence-corrected chi connectivity index (χ3v) is 22.5. The van der Waals surface area contributed by atoms with E-state index in [1.165, 1.54) is 0 Å². The molecule has 344 valence electrons. The molecule has 71 heavy (non-hydrogen) atoms. The summed E-state index contributed by atoms with van der Waals surface area (Å²) in [6, 6.07) is 90.2. The van der Waals surface area contributed by atoms with E-state index < -0.39 is 23.2 Å². The topological polar surface area (TPSA) is 62.3 Å². The van der Waals surface area contributed by atoms with Crippen LogP contribution in [-0.4, -0.2) is 16.6 Å².